The van der Waals surface area contributed by atoms with Gasteiger partial charge in [0.15, 0.2) is 5.96 Å². The van der Waals surface area contributed by atoms with Gasteiger partial charge in [-0.2, -0.15) is 0 Å². The number of aliphatic imine (C=N–C) groups is 1. The minimum Gasteiger partial charge on any atom is -0.359 e. The molecule has 0 saturated carbocycles. The molecule has 5 heteroatoms. The molecular weight excluding hydrogens is 315 g/mol. The van der Waals surface area contributed by atoms with E-state index in [1.54, 1.807) is 7.05 Å². The zero-order valence-electron chi connectivity index (χ0n) is 10.6. The molecule has 16 heavy (non-hydrogen) atoms. The predicted molar refractivity (Wildman–Crippen MR) is 80.7 cm³/mol. The molecule has 2 N–H and O–H groups in total. The van der Waals surface area contributed by atoms with E-state index in [1.165, 1.54) is 32.4 Å². The third kappa shape index (κ3) is 5.89. The maximum atomic E-state index is 4.09. The summed E-state index contributed by atoms with van der Waals surface area (Å²) in [5, 5.41) is 6.33. The summed E-state index contributed by atoms with van der Waals surface area (Å²) in [6, 6.07) is 0. The van der Waals surface area contributed by atoms with Crippen molar-refractivity contribution in [3.05, 3.63) is 0 Å². The summed E-state index contributed by atoms with van der Waals surface area (Å²) in [6.07, 6.45) is 3.95. The highest BCUT2D eigenvalue weighted by molar-refractivity contribution is 14.0. The van der Waals surface area contributed by atoms with Crippen LogP contribution in [-0.4, -0.2) is 51.6 Å². The van der Waals surface area contributed by atoms with Gasteiger partial charge >= 0.3 is 0 Å². The molecule has 1 aliphatic rings. The molecule has 0 aromatic rings. The fraction of sp³-hybridized carbons (Fsp3) is 0.909. The van der Waals surface area contributed by atoms with Crippen molar-refractivity contribution in [2.45, 2.75) is 19.3 Å². The lowest BCUT2D eigenvalue weighted by Crippen LogP contribution is -2.37. The van der Waals surface area contributed by atoms with Gasteiger partial charge in [0.05, 0.1) is 0 Å². The molecule has 1 rings (SSSR count). The third-order valence-corrected chi connectivity index (χ3v) is 3.14. The van der Waals surface area contributed by atoms with Gasteiger partial charge in [-0.05, 0) is 45.3 Å². The van der Waals surface area contributed by atoms with Gasteiger partial charge in [-0.25, -0.2) is 0 Å². The van der Waals surface area contributed by atoms with Crippen LogP contribution in [0.5, 0.6) is 0 Å². The Hall–Kier alpha value is -0.0400. The first-order valence-corrected chi connectivity index (χ1v) is 5.83. The molecule has 0 aromatic carbocycles. The van der Waals surface area contributed by atoms with Crippen molar-refractivity contribution in [1.82, 2.24) is 15.5 Å². The molecule has 1 heterocycles. The highest BCUT2D eigenvalue weighted by atomic mass is 127. The Morgan fingerprint density at radius 2 is 2.00 bits per heavy atom. The standard InChI is InChI=1S/C11H24N4.HI/c1-12-11(13-2)14-7-4-10-5-8-15(3)9-6-10;/h10H,4-9H2,1-3H3,(H2,12,13,14);1H. The Kier molecular flexibility index (Phi) is 9.02. The van der Waals surface area contributed by atoms with Gasteiger partial charge in [0.2, 0.25) is 0 Å². The molecule has 0 amide bonds. The largest absolute Gasteiger partial charge is 0.359 e. The molecular formula is C11H25IN4. The van der Waals surface area contributed by atoms with Gasteiger partial charge in [-0.3, -0.25) is 4.99 Å². The first-order valence-electron chi connectivity index (χ1n) is 5.83. The smallest absolute Gasteiger partial charge is 0.190 e. The second-order valence-corrected chi connectivity index (χ2v) is 4.28. The molecule has 0 atom stereocenters. The number of hydrogen-bond donors (Lipinski definition) is 2. The summed E-state index contributed by atoms with van der Waals surface area (Å²) in [7, 11) is 5.90. The number of nitrogens with zero attached hydrogens (tertiary/aromatic N) is 2. The first-order chi connectivity index (χ1) is 7.26. The van der Waals surface area contributed by atoms with Crippen LogP contribution in [0.1, 0.15) is 19.3 Å². The van der Waals surface area contributed by atoms with Gasteiger partial charge in [0, 0.05) is 20.6 Å². The van der Waals surface area contributed by atoms with Crippen molar-refractivity contribution >= 4 is 29.9 Å². The lowest BCUT2D eigenvalue weighted by Gasteiger charge is -2.29. The maximum Gasteiger partial charge on any atom is 0.190 e. The Labute approximate surface area is 116 Å². The molecule has 4 nitrogen and oxygen atoms in total. The van der Waals surface area contributed by atoms with Crippen LogP contribution in [0.4, 0.5) is 0 Å². The number of hydrogen-bond acceptors (Lipinski definition) is 2. The zero-order valence-corrected chi connectivity index (χ0v) is 13.0. The summed E-state index contributed by atoms with van der Waals surface area (Å²) >= 11 is 0. The number of halogens is 1. The van der Waals surface area contributed by atoms with Crippen molar-refractivity contribution in [3.63, 3.8) is 0 Å². The summed E-state index contributed by atoms with van der Waals surface area (Å²) in [6.45, 7) is 3.54. The van der Waals surface area contributed by atoms with Crippen molar-refractivity contribution in [1.29, 1.82) is 0 Å². The van der Waals surface area contributed by atoms with Crippen LogP contribution in [0.2, 0.25) is 0 Å². The van der Waals surface area contributed by atoms with E-state index in [0.717, 1.165) is 18.4 Å². The van der Waals surface area contributed by atoms with Crippen LogP contribution in [0.25, 0.3) is 0 Å². The van der Waals surface area contributed by atoms with Crippen LogP contribution >= 0.6 is 24.0 Å². The minimum atomic E-state index is 0. The summed E-state index contributed by atoms with van der Waals surface area (Å²) in [5.41, 5.74) is 0. The van der Waals surface area contributed by atoms with Gasteiger partial charge in [-0.15, -0.1) is 24.0 Å². The lowest BCUT2D eigenvalue weighted by atomic mass is 9.94. The maximum absolute atomic E-state index is 4.09. The van der Waals surface area contributed by atoms with E-state index >= 15 is 0 Å². The predicted octanol–water partition coefficient (Wildman–Crippen LogP) is 1.13. The van der Waals surface area contributed by atoms with E-state index < -0.39 is 0 Å². The molecule has 0 radical (unpaired) electrons. The van der Waals surface area contributed by atoms with Crippen LogP contribution in [0.15, 0.2) is 4.99 Å². The van der Waals surface area contributed by atoms with Gasteiger partial charge in [0.1, 0.15) is 0 Å². The molecule has 0 spiro atoms. The number of piperidine rings is 1. The minimum absolute atomic E-state index is 0. The molecule has 0 bridgehead atoms. The Morgan fingerprint density at radius 3 is 2.50 bits per heavy atom. The van der Waals surface area contributed by atoms with Gasteiger partial charge < -0.3 is 15.5 Å². The summed E-state index contributed by atoms with van der Waals surface area (Å²) in [4.78, 5) is 6.50. The average molecular weight is 340 g/mol. The summed E-state index contributed by atoms with van der Waals surface area (Å²) in [5.74, 6) is 1.78. The highest BCUT2D eigenvalue weighted by Crippen LogP contribution is 2.18. The fourth-order valence-corrected chi connectivity index (χ4v) is 2.02. The van der Waals surface area contributed by atoms with E-state index in [-0.39, 0.29) is 24.0 Å². The Bertz CT molecular complexity index is 200. The van der Waals surface area contributed by atoms with E-state index in [0.29, 0.717) is 0 Å². The molecule has 1 saturated heterocycles. The molecule has 1 fully saturated rings. The summed E-state index contributed by atoms with van der Waals surface area (Å²) < 4.78 is 0. The van der Waals surface area contributed by atoms with E-state index in [2.05, 4.69) is 27.6 Å². The van der Waals surface area contributed by atoms with E-state index in [9.17, 15) is 0 Å². The Balaban J connectivity index is 0.00000225. The van der Waals surface area contributed by atoms with Crippen molar-refractivity contribution < 1.29 is 0 Å². The van der Waals surface area contributed by atoms with Crippen LogP contribution in [-0.2, 0) is 0 Å². The van der Waals surface area contributed by atoms with Gasteiger partial charge in [0.25, 0.3) is 0 Å². The van der Waals surface area contributed by atoms with Gasteiger partial charge in [-0.1, -0.05) is 0 Å². The molecule has 1 aliphatic heterocycles. The highest BCUT2D eigenvalue weighted by Gasteiger charge is 2.15. The number of likely N-dealkylation sites (tertiary alicyclic amines) is 1. The Morgan fingerprint density at radius 1 is 1.38 bits per heavy atom. The molecule has 0 aromatic heterocycles. The normalized spacial score (nSPS) is 19.1. The number of guanidine groups is 1. The van der Waals surface area contributed by atoms with Crippen molar-refractivity contribution in [3.8, 4) is 0 Å². The SMILES string of the molecule is CN=C(NC)NCCC1CCN(C)CC1.I. The van der Waals surface area contributed by atoms with E-state index in [1.807, 2.05) is 7.05 Å². The zero-order chi connectivity index (χ0) is 11.1. The fourth-order valence-electron chi connectivity index (χ4n) is 2.02. The number of nitrogens with one attached hydrogen (secondary N) is 2. The van der Waals surface area contributed by atoms with Crippen LogP contribution < -0.4 is 10.6 Å². The monoisotopic (exact) mass is 340 g/mol. The quantitative estimate of drug-likeness (QED) is 0.460. The van der Waals surface area contributed by atoms with Crippen molar-refractivity contribution in [2.75, 3.05) is 40.8 Å². The molecule has 0 aliphatic carbocycles. The van der Waals surface area contributed by atoms with Crippen LogP contribution in [0.3, 0.4) is 0 Å². The molecule has 96 valence electrons. The number of rotatable bonds is 3. The second kappa shape index (κ2) is 9.04. The topological polar surface area (TPSA) is 39.7 Å². The molecule has 0 unspecified atom stereocenters. The first kappa shape index (κ1) is 16.0. The second-order valence-electron chi connectivity index (χ2n) is 4.28. The van der Waals surface area contributed by atoms with Crippen LogP contribution in [0, 0.1) is 5.92 Å². The lowest BCUT2D eigenvalue weighted by molar-refractivity contribution is 0.213. The average Bonchev–Trinajstić information content (AvgIpc) is 2.27. The van der Waals surface area contributed by atoms with Crippen molar-refractivity contribution in [2.24, 2.45) is 10.9 Å². The third-order valence-electron chi connectivity index (χ3n) is 3.14. The van der Waals surface area contributed by atoms with E-state index in [4.69, 9.17) is 0 Å².